The maximum absolute atomic E-state index is 13.3. The lowest BCUT2D eigenvalue weighted by atomic mass is 10.1. The van der Waals surface area contributed by atoms with Gasteiger partial charge in [-0.2, -0.15) is 0 Å². The number of rotatable bonds is 26. The van der Waals surface area contributed by atoms with Crippen LogP contribution in [-0.4, -0.2) is 50.1 Å². The van der Waals surface area contributed by atoms with Crippen molar-refractivity contribution in [3.8, 4) is 0 Å². The Bertz CT molecular complexity index is 578. The van der Waals surface area contributed by atoms with E-state index >= 15 is 0 Å². The molecule has 0 rings (SSSR count). The van der Waals surface area contributed by atoms with E-state index in [9.17, 15) is 23.9 Å². The Morgan fingerprint density at radius 2 is 1.31 bits per heavy atom. The fourth-order valence-electron chi connectivity index (χ4n) is 4.27. The van der Waals surface area contributed by atoms with Gasteiger partial charge in [0.25, 0.3) is 5.85 Å². The minimum atomic E-state index is -4.51. The average molecular weight is 555 g/mol. The molecule has 2 N–H and O–H groups in total. The van der Waals surface area contributed by atoms with E-state index in [0.717, 1.165) is 38.5 Å². The van der Waals surface area contributed by atoms with Gasteiger partial charge in [-0.15, -0.1) is 0 Å². The lowest BCUT2D eigenvalue weighted by Gasteiger charge is -2.30. The van der Waals surface area contributed by atoms with Gasteiger partial charge in [0.2, 0.25) is 0 Å². The van der Waals surface area contributed by atoms with Crippen LogP contribution in [0.3, 0.4) is 0 Å². The number of aliphatic carboxylic acids is 1. The highest BCUT2D eigenvalue weighted by atomic mass is 32.2. The Hall–Kier alpha value is -0.110. The highest BCUT2D eigenvalue weighted by molar-refractivity contribution is 7.92. The molecule has 5 unspecified atom stereocenters. The molecule has 5 atom stereocenters. The normalized spacial score (nSPS) is 16.8. The van der Waals surface area contributed by atoms with Gasteiger partial charge in [0.15, 0.2) is 0 Å². The molecule has 7 nitrogen and oxygen atoms in total. The lowest BCUT2D eigenvalue weighted by Crippen LogP contribution is -2.40. The van der Waals surface area contributed by atoms with Crippen LogP contribution < -0.4 is 0 Å². The van der Waals surface area contributed by atoms with E-state index < -0.39 is 36.7 Å². The lowest BCUT2D eigenvalue weighted by molar-refractivity contribution is -0.148. The summed E-state index contributed by atoms with van der Waals surface area (Å²) >= 11 is -1.20. The summed E-state index contributed by atoms with van der Waals surface area (Å²) in [5, 5.41) is 9.18. The van der Waals surface area contributed by atoms with Crippen molar-refractivity contribution in [1.29, 1.82) is 0 Å². The van der Waals surface area contributed by atoms with E-state index in [1.807, 2.05) is 0 Å². The molecule has 0 saturated heterocycles. The smallest absolute Gasteiger partial charge is 0.368 e. The number of unbranched alkanes of at least 4 members (excludes halogenated alkanes) is 13. The molecule has 9 heteroatoms. The molecular formula is C27H55O7PS. The molecule has 0 aliphatic carbocycles. The van der Waals surface area contributed by atoms with E-state index in [4.69, 9.17) is 9.26 Å². The van der Waals surface area contributed by atoms with Gasteiger partial charge in [0.05, 0.1) is 6.61 Å². The van der Waals surface area contributed by atoms with E-state index in [1.165, 1.54) is 57.8 Å². The summed E-state index contributed by atoms with van der Waals surface area (Å²) in [6.45, 7) is 7.81. The summed E-state index contributed by atoms with van der Waals surface area (Å²) in [5.41, 5.74) is 0. The molecule has 0 heterocycles. The third kappa shape index (κ3) is 17.4. The van der Waals surface area contributed by atoms with Crippen molar-refractivity contribution in [1.82, 2.24) is 0 Å². The Morgan fingerprint density at radius 1 is 0.833 bits per heavy atom. The summed E-state index contributed by atoms with van der Waals surface area (Å²) in [6.07, 6.45) is 17.6. The molecule has 0 aromatic rings. The SMILES string of the molecule is CCCCCCCCCCC[S+]([O-])C(CCCCCCCC)C(C)OC(C(=O)O)P(=O)(O)OCCC. The third-order valence-electron chi connectivity index (χ3n) is 6.48. The zero-order valence-corrected chi connectivity index (χ0v) is 25.2. The molecule has 36 heavy (non-hydrogen) atoms. The van der Waals surface area contributed by atoms with E-state index in [-0.39, 0.29) is 11.9 Å². The Morgan fingerprint density at radius 3 is 1.78 bits per heavy atom. The molecule has 0 saturated carbocycles. The quantitative estimate of drug-likeness (QED) is 0.0636. The van der Waals surface area contributed by atoms with Crippen molar-refractivity contribution in [3.05, 3.63) is 0 Å². The maximum atomic E-state index is 13.3. The minimum Gasteiger partial charge on any atom is -0.616 e. The van der Waals surface area contributed by atoms with Crippen molar-refractivity contribution >= 4 is 24.7 Å². The van der Waals surface area contributed by atoms with Crippen LogP contribution in [-0.2, 0) is 29.8 Å². The maximum Gasteiger partial charge on any atom is 0.368 e. The number of carbonyl (C=O) groups is 1. The van der Waals surface area contributed by atoms with Gasteiger partial charge >= 0.3 is 13.6 Å². The largest absolute Gasteiger partial charge is 0.616 e. The predicted octanol–water partition coefficient (Wildman–Crippen LogP) is 7.81. The van der Waals surface area contributed by atoms with Gasteiger partial charge in [-0.25, -0.2) is 4.79 Å². The van der Waals surface area contributed by atoms with E-state index in [1.54, 1.807) is 13.8 Å². The Labute approximate surface area is 224 Å². The number of hydrogen-bond donors (Lipinski definition) is 2. The summed E-state index contributed by atoms with van der Waals surface area (Å²) < 4.78 is 36.3. The van der Waals surface area contributed by atoms with Crippen LogP contribution in [0.2, 0.25) is 0 Å². The van der Waals surface area contributed by atoms with Crippen molar-refractivity contribution in [2.24, 2.45) is 0 Å². The second-order valence-electron chi connectivity index (χ2n) is 9.94. The monoisotopic (exact) mass is 554 g/mol. The highest BCUT2D eigenvalue weighted by Gasteiger charge is 2.43. The zero-order valence-electron chi connectivity index (χ0n) is 23.5. The van der Waals surface area contributed by atoms with Crippen LogP contribution in [0.15, 0.2) is 0 Å². The molecule has 0 fully saturated rings. The number of hydrogen-bond acceptors (Lipinski definition) is 5. The molecule has 0 spiro atoms. The van der Waals surface area contributed by atoms with Gasteiger partial charge < -0.3 is 23.8 Å². The second-order valence-corrected chi connectivity index (χ2v) is 13.6. The molecule has 0 aromatic carbocycles. The van der Waals surface area contributed by atoms with Gasteiger partial charge in [0.1, 0.15) is 17.1 Å². The first-order chi connectivity index (χ1) is 17.2. The van der Waals surface area contributed by atoms with Crippen LogP contribution in [0.25, 0.3) is 0 Å². The fraction of sp³-hybridized carbons (Fsp3) is 0.963. The first-order valence-corrected chi connectivity index (χ1v) is 17.5. The first-order valence-electron chi connectivity index (χ1n) is 14.4. The molecule has 0 aliphatic rings. The minimum absolute atomic E-state index is 0.0268. The van der Waals surface area contributed by atoms with Crippen LogP contribution in [0.5, 0.6) is 0 Å². The van der Waals surface area contributed by atoms with Crippen LogP contribution in [0.1, 0.15) is 137 Å². The summed E-state index contributed by atoms with van der Waals surface area (Å²) in [6, 6.07) is 0. The Kier molecular flexibility index (Phi) is 22.8. The molecule has 0 bridgehead atoms. The summed E-state index contributed by atoms with van der Waals surface area (Å²) in [7, 11) is -4.51. The summed E-state index contributed by atoms with van der Waals surface area (Å²) in [4.78, 5) is 21.9. The highest BCUT2D eigenvalue weighted by Crippen LogP contribution is 2.49. The van der Waals surface area contributed by atoms with Crippen LogP contribution in [0, 0.1) is 0 Å². The Balaban J connectivity index is 4.90. The second kappa shape index (κ2) is 22.8. The molecule has 0 aromatic heterocycles. The topological polar surface area (TPSA) is 116 Å². The van der Waals surface area contributed by atoms with Gasteiger partial charge in [0, 0.05) is 0 Å². The molecule has 0 aliphatic heterocycles. The number of carboxylic acids is 1. The van der Waals surface area contributed by atoms with Crippen molar-refractivity contribution in [2.45, 2.75) is 154 Å². The van der Waals surface area contributed by atoms with Gasteiger partial charge in [-0.1, -0.05) is 97.8 Å². The van der Waals surface area contributed by atoms with E-state index in [0.29, 0.717) is 18.6 Å². The van der Waals surface area contributed by atoms with E-state index in [2.05, 4.69) is 13.8 Å². The molecule has 0 radical (unpaired) electrons. The number of ether oxygens (including phenoxy) is 1. The molecule has 0 amide bonds. The fourth-order valence-corrected chi connectivity index (χ4v) is 7.18. The van der Waals surface area contributed by atoms with Crippen molar-refractivity contribution in [2.75, 3.05) is 12.4 Å². The standard InChI is InChI=1S/C27H55O7PS/c1-5-8-10-12-14-15-16-18-20-23-36(32)25(21-19-17-13-11-9-6-2)24(4)34-27(26(28)29)35(30,31)33-22-7-3/h24-25,27H,5-23H2,1-4H3,(H,28,29)(H,30,31). The van der Waals surface area contributed by atoms with Crippen LogP contribution in [0.4, 0.5) is 0 Å². The van der Waals surface area contributed by atoms with Crippen LogP contribution >= 0.6 is 7.60 Å². The molecular weight excluding hydrogens is 499 g/mol. The third-order valence-corrected chi connectivity index (χ3v) is 9.96. The van der Waals surface area contributed by atoms with Gasteiger partial charge in [-0.05, 0) is 50.2 Å². The zero-order chi connectivity index (χ0) is 27.2. The predicted molar refractivity (Wildman–Crippen MR) is 150 cm³/mol. The van der Waals surface area contributed by atoms with Gasteiger partial charge in [-0.3, -0.25) is 4.57 Å². The van der Waals surface area contributed by atoms with Crippen molar-refractivity contribution < 1.29 is 33.2 Å². The molecule has 216 valence electrons. The average Bonchev–Trinajstić information content (AvgIpc) is 2.84. The number of carboxylic acid groups (broad SMARTS) is 1. The summed E-state index contributed by atoms with van der Waals surface area (Å²) in [5.74, 6) is -2.96. The van der Waals surface area contributed by atoms with Crippen molar-refractivity contribution in [3.63, 3.8) is 0 Å². The first kappa shape index (κ1) is 35.9.